The van der Waals surface area contributed by atoms with Gasteiger partial charge in [-0.25, -0.2) is 0 Å². The Bertz CT molecular complexity index is 1260. The summed E-state index contributed by atoms with van der Waals surface area (Å²) in [6.07, 6.45) is 7.82. The third kappa shape index (κ3) is 7.24. The third-order valence-corrected chi connectivity index (χ3v) is 9.74. The van der Waals surface area contributed by atoms with Crippen molar-refractivity contribution in [3.8, 4) is 23.0 Å². The van der Waals surface area contributed by atoms with E-state index in [0.717, 1.165) is 42.6 Å². The first kappa shape index (κ1) is 27.8. The van der Waals surface area contributed by atoms with Crippen LogP contribution < -0.4 is 18.3 Å². The zero-order valence-corrected chi connectivity index (χ0v) is 23.8. The molecule has 1 fully saturated rings. The molecule has 1 N–H and O–H groups in total. The van der Waals surface area contributed by atoms with E-state index in [2.05, 4.69) is 6.08 Å². The van der Waals surface area contributed by atoms with Crippen molar-refractivity contribution in [3.05, 3.63) is 126 Å². The van der Waals surface area contributed by atoms with Crippen molar-refractivity contribution in [2.24, 2.45) is 5.92 Å². The number of benzene rings is 4. The fraction of sp³-hybridized carbons (Fsp3) is 0.235. The summed E-state index contributed by atoms with van der Waals surface area (Å²) >= 11 is 0. The van der Waals surface area contributed by atoms with Crippen LogP contribution in [0.3, 0.4) is 0 Å². The van der Waals surface area contributed by atoms with E-state index in [4.69, 9.17) is 18.3 Å². The Hall–Kier alpha value is -3.79. The van der Waals surface area contributed by atoms with Crippen molar-refractivity contribution in [2.45, 2.75) is 32.1 Å². The molecule has 0 aliphatic heterocycles. The molecule has 40 heavy (non-hydrogen) atoms. The molecule has 5 nitrogen and oxygen atoms in total. The Morgan fingerprint density at radius 1 is 0.650 bits per heavy atom. The van der Waals surface area contributed by atoms with Gasteiger partial charge >= 0.3 is 237 Å². The molecule has 0 heterocycles. The molecule has 1 saturated carbocycles. The molecule has 4 aromatic rings. The number of rotatable bonds is 11. The van der Waals surface area contributed by atoms with Gasteiger partial charge in [-0.15, -0.1) is 0 Å². The summed E-state index contributed by atoms with van der Waals surface area (Å²) in [4.78, 5) is 13.0. The minimum absolute atomic E-state index is 0.0843. The molecule has 0 unspecified atom stereocenters. The number of methoxy groups -OCH3 is 1. The summed E-state index contributed by atoms with van der Waals surface area (Å²) in [7, 11) is -3.29. The quantitative estimate of drug-likeness (QED) is 0.187. The molecule has 4 aromatic carbocycles. The van der Waals surface area contributed by atoms with Crippen LogP contribution in [0.4, 0.5) is 0 Å². The molecule has 0 bridgehead atoms. The van der Waals surface area contributed by atoms with Crippen LogP contribution in [-0.4, -0.2) is 18.2 Å². The first-order chi connectivity index (χ1) is 19.5. The predicted molar refractivity (Wildman–Crippen MR) is 163 cm³/mol. The van der Waals surface area contributed by atoms with Gasteiger partial charge in [-0.05, 0) is 0 Å². The Morgan fingerprint density at radius 2 is 1.10 bits per heavy atom. The van der Waals surface area contributed by atoms with Crippen molar-refractivity contribution in [3.63, 3.8) is 0 Å². The molecule has 1 aliphatic carbocycles. The van der Waals surface area contributed by atoms with Crippen molar-refractivity contribution in [2.75, 3.05) is 13.3 Å². The molecule has 0 radical (unpaired) electrons. The molecule has 0 aromatic heterocycles. The molecule has 6 heteroatoms. The average Bonchev–Trinajstić information content (AvgIpc) is 2.99. The van der Waals surface area contributed by atoms with Crippen LogP contribution >= 0.6 is 7.51 Å². The second kappa shape index (κ2) is 12.6. The molecular weight excluding hydrogens is 519 g/mol. The number of ether oxygens (including phenoxy) is 1. The molecule has 1 aliphatic rings. The van der Waals surface area contributed by atoms with E-state index in [-0.39, 0.29) is 12.1 Å². The van der Waals surface area contributed by atoms with E-state index in [9.17, 15) is 4.89 Å². The predicted octanol–water partition coefficient (Wildman–Crippen LogP) is 9.10. The minimum atomic E-state index is -4.95. The molecular formula is C34H37O5P. The van der Waals surface area contributed by atoms with Gasteiger partial charge in [-0.3, -0.25) is 0 Å². The van der Waals surface area contributed by atoms with Crippen LogP contribution in [0.5, 0.6) is 23.0 Å². The zero-order chi connectivity index (χ0) is 27.7. The van der Waals surface area contributed by atoms with Crippen LogP contribution in [0.15, 0.2) is 121 Å². The zero-order valence-electron chi connectivity index (χ0n) is 22.9. The van der Waals surface area contributed by atoms with Crippen LogP contribution in [0, 0.1) is 5.92 Å². The van der Waals surface area contributed by atoms with Crippen molar-refractivity contribution >= 4 is 13.6 Å². The number of hydrogen-bond donors (Lipinski definition) is 1. The van der Waals surface area contributed by atoms with E-state index in [1.54, 1.807) is 7.11 Å². The second-order valence-corrected chi connectivity index (χ2v) is 13.1. The van der Waals surface area contributed by atoms with Gasteiger partial charge in [-0.1, -0.05) is 0 Å². The summed E-state index contributed by atoms with van der Waals surface area (Å²) in [5.41, 5.74) is 2.07. The van der Waals surface area contributed by atoms with Crippen molar-refractivity contribution < 1.29 is 23.2 Å². The molecule has 5 rings (SSSR count). The maximum absolute atomic E-state index is 13.0. The summed E-state index contributed by atoms with van der Waals surface area (Å²) in [5, 5.41) is 0. The van der Waals surface area contributed by atoms with Gasteiger partial charge in [-0.2, -0.15) is 0 Å². The number of allylic oxidation sites excluding steroid dienone is 1. The summed E-state index contributed by atoms with van der Waals surface area (Å²) in [6.45, 7) is 0. The Morgan fingerprint density at radius 3 is 1.52 bits per heavy atom. The number of para-hydroxylation sites is 3. The van der Waals surface area contributed by atoms with E-state index in [1.165, 1.54) is 6.42 Å². The van der Waals surface area contributed by atoms with Gasteiger partial charge in [0.05, 0.1) is 0 Å². The van der Waals surface area contributed by atoms with Crippen LogP contribution in [0.25, 0.3) is 6.08 Å². The van der Waals surface area contributed by atoms with E-state index in [1.807, 2.05) is 115 Å². The van der Waals surface area contributed by atoms with E-state index < -0.39 is 7.51 Å². The van der Waals surface area contributed by atoms with Crippen LogP contribution in [0.2, 0.25) is 0 Å². The van der Waals surface area contributed by atoms with Crippen molar-refractivity contribution in [1.29, 1.82) is 0 Å². The average molecular weight is 557 g/mol. The van der Waals surface area contributed by atoms with Gasteiger partial charge in [0.15, 0.2) is 0 Å². The van der Waals surface area contributed by atoms with Gasteiger partial charge in [0.25, 0.3) is 0 Å². The standard InChI is InChI=1S/C34H37O5P/c1-36-31-24-22-28(23-25-31)26-30(29-14-6-2-7-15-29)27-40(35,37-32-16-8-3-9-17-32,38-33-18-10-4-11-19-33)39-34-20-12-5-13-21-34/h3-5,8-13,16-26,29,35H,2,6-7,14-15,27H2,1H3/b30-26+. The summed E-state index contributed by atoms with van der Waals surface area (Å²) < 4.78 is 25.1. The third-order valence-electron chi connectivity index (χ3n) is 7.13. The number of hydrogen-bond acceptors (Lipinski definition) is 5. The molecule has 208 valence electrons. The monoisotopic (exact) mass is 556 g/mol. The Kier molecular flexibility index (Phi) is 8.74. The second-order valence-electron chi connectivity index (χ2n) is 10.2. The normalized spacial score (nSPS) is 15.4. The fourth-order valence-electron chi connectivity index (χ4n) is 5.21. The first-order valence-electron chi connectivity index (χ1n) is 13.9. The van der Waals surface area contributed by atoms with Gasteiger partial charge in [0.2, 0.25) is 0 Å². The first-order valence-corrected chi connectivity index (χ1v) is 16.0. The topological polar surface area (TPSA) is 57.2 Å². The fourth-order valence-corrected chi connectivity index (χ4v) is 8.08. The van der Waals surface area contributed by atoms with Crippen molar-refractivity contribution in [1.82, 2.24) is 0 Å². The van der Waals surface area contributed by atoms with Gasteiger partial charge in [0, 0.05) is 0 Å². The molecule has 0 atom stereocenters. The van der Waals surface area contributed by atoms with E-state index in [0.29, 0.717) is 17.2 Å². The Balaban J connectivity index is 1.65. The van der Waals surface area contributed by atoms with Crippen LogP contribution in [-0.2, 0) is 0 Å². The van der Waals surface area contributed by atoms with Crippen LogP contribution in [0.1, 0.15) is 37.7 Å². The van der Waals surface area contributed by atoms with Gasteiger partial charge in [0.1, 0.15) is 0 Å². The Labute approximate surface area is 237 Å². The van der Waals surface area contributed by atoms with E-state index >= 15 is 0 Å². The summed E-state index contributed by atoms with van der Waals surface area (Å²) in [5.74, 6) is 2.49. The maximum atomic E-state index is 13.0. The molecule has 0 spiro atoms. The molecule has 0 amide bonds. The molecule has 0 saturated heterocycles. The SMILES string of the molecule is COc1ccc(/C=C(\CP(O)(Oc2ccccc2)(Oc2ccccc2)Oc2ccccc2)C2CCCCC2)cc1. The summed E-state index contributed by atoms with van der Waals surface area (Å²) in [6, 6.07) is 35.8. The van der Waals surface area contributed by atoms with Gasteiger partial charge < -0.3 is 0 Å².